The van der Waals surface area contributed by atoms with Crippen LogP contribution in [0.15, 0.2) is 9.13 Å². The number of hydrogen-bond acceptors (Lipinski definition) is 4. The highest BCUT2D eigenvalue weighted by atomic mass is 79.9. The third kappa shape index (κ3) is 3.55. The van der Waals surface area contributed by atoms with E-state index in [1.807, 2.05) is 0 Å². The predicted molar refractivity (Wildman–Crippen MR) is 62.8 cm³/mol. The van der Waals surface area contributed by atoms with Crippen molar-refractivity contribution >= 4 is 27.8 Å². The summed E-state index contributed by atoms with van der Waals surface area (Å²) in [5.41, 5.74) is 0.378. The van der Waals surface area contributed by atoms with E-state index in [1.165, 1.54) is 4.90 Å². The van der Waals surface area contributed by atoms with Crippen molar-refractivity contribution in [1.82, 2.24) is 10.1 Å². The molecular formula is C10H13BrN2O4. The monoisotopic (exact) mass is 304 g/mol. The zero-order valence-corrected chi connectivity index (χ0v) is 11.2. The zero-order valence-electron chi connectivity index (χ0n) is 9.57. The highest BCUT2D eigenvalue weighted by molar-refractivity contribution is 9.10. The number of aromatic nitrogens is 1. The molecule has 1 heterocycles. The number of nitrogens with zero attached hydrogens (tertiary/aromatic N) is 2. The van der Waals surface area contributed by atoms with E-state index in [9.17, 15) is 9.59 Å². The summed E-state index contributed by atoms with van der Waals surface area (Å²) in [6.07, 6.45) is 0.459. The number of carbonyl (C=O) groups is 2. The van der Waals surface area contributed by atoms with Gasteiger partial charge in [-0.1, -0.05) is 5.16 Å². The first kappa shape index (κ1) is 13.7. The van der Waals surface area contributed by atoms with Gasteiger partial charge < -0.3 is 14.5 Å². The van der Waals surface area contributed by atoms with Crippen LogP contribution < -0.4 is 0 Å². The Kier molecular flexibility index (Phi) is 4.68. The molecule has 17 heavy (non-hydrogen) atoms. The van der Waals surface area contributed by atoms with E-state index < -0.39 is 5.97 Å². The highest BCUT2D eigenvalue weighted by Crippen LogP contribution is 2.20. The quantitative estimate of drug-likeness (QED) is 0.895. The van der Waals surface area contributed by atoms with Crippen LogP contribution in [-0.2, 0) is 4.79 Å². The van der Waals surface area contributed by atoms with E-state index in [2.05, 4.69) is 21.1 Å². The first-order valence-electron chi connectivity index (χ1n) is 5.02. The molecule has 1 aromatic heterocycles. The van der Waals surface area contributed by atoms with E-state index in [0.29, 0.717) is 28.9 Å². The summed E-state index contributed by atoms with van der Waals surface area (Å²) in [7, 11) is 1.61. The topological polar surface area (TPSA) is 83.6 Å². The highest BCUT2D eigenvalue weighted by Gasteiger charge is 2.21. The van der Waals surface area contributed by atoms with Crippen LogP contribution >= 0.6 is 15.9 Å². The molecule has 0 unspecified atom stereocenters. The van der Waals surface area contributed by atoms with Gasteiger partial charge in [0.15, 0.2) is 4.60 Å². The molecule has 0 aliphatic rings. The SMILES string of the molecule is Cc1onc(Br)c1C(=O)N(C)CCCC(=O)O. The zero-order chi connectivity index (χ0) is 13.0. The Bertz CT molecular complexity index is 410. The van der Waals surface area contributed by atoms with Crippen molar-refractivity contribution < 1.29 is 19.2 Å². The van der Waals surface area contributed by atoms with Crippen molar-refractivity contribution in [3.8, 4) is 0 Å². The van der Waals surface area contributed by atoms with E-state index in [-0.39, 0.29) is 12.3 Å². The summed E-state index contributed by atoms with van der Waals surface area (Å²) in [4.78, 5) is 23.8. The Labute approximate surface area is 107 Å². The third-order valence-electron chi connectivity index (χ3n) is 2.27. The van der Waals surface area contributed by atoms with Gasteiger partial charge in [-0.3, -0.25) is 9.59 Å². The number of aryl methyl sites for hydroxylation is 1. The molecule has 1 aromatic rings. The van der Waals surface area contributed by atoms with Crippen LogP contribution in [0.5, 0.6) is 0 Å². The number of carbonyl (C=O) groups excluding carboxylic acids is 1. The third-order valence-corrected chi connectivity index (χ3v) is 2.81. The molecule has 7 heteroatoms. The Balaban J connectivity index is 2.61. The minimum absolute atomic E-state index is 0.0431. The average molecular weight is 305 g/mol. The lowest BCUT2D eigenvalue weighted by molar-refractivity contribution is -0.137. The number of carboxylic acid groups (broad SMARTS) is 1. The minimum Gasteiger partial charge on any atom is -0.481 e. The summed E-state index contributed by atoms with van der Waals surface area (Å²) < 4.78 is 5.24. The molecule has 0 aliphatic heterocycles. The molecule has 0 atom stereocenters. The van der Waals surface area contributed by atoms with Crippen LogP contribution in [0, 0.1) is 6.92 Å². The maximum atomic E-state index is 12.0. The van der Waals surface area contributed by atoms with Gasteiger partial charge in [-0.2, -0.15) is 0 Å². The normalized spacial score (nSPS) is 10.3. The molecule has 0 aliphatic carbocycles. The molecular weight excluding hydrogens is 292 g/mol. The van der Waals surface area contributed by atoms with Gasteiger partial charge in [0.25, 0.3) is 5.91 Å². The fourth-order valence-corrected chi connectivity index (χ4v) is 1.86. The summed E-state index contributed by atoms with van der Waals surface area (Å²) in [6.45, 7) is 2.03. The molecule has 0 aromatic carbocycles. The molecule has 1 N–H and O–H groups in total. The molecule has 1 amide bonds. The molecule has 0 bridgehead atoms. The van der Waals surface area contributed by atoms with Crippen LogP contribution in [0.3, 0.4) is 0 Å². The molecule has 0 saturated carbocycles. The van der Waals surface area contributed by atoms with Gasteiger partial charge in [0.1, 0.15) is 11.3 Å². The summed E-state index contributed by atoms with van der Waals surface area (Å²) >= 11 is 3.13. The molecule has 1 rings (SSSR count). The predicted octanol–water partition coefficient (Wildman–Crippen LogP) is 1.68. The van der Waals surface area contributed by atoms with Crippen LogP contribution in [0.4, 0.5) is 0 Å². The van der Waals surface area contributed by atoms with Crippen molar-refractivity contribution in [2.75, 3.05) is 13.6 Å². The van der Waals surface area contributed by atoms with Crippen LogP contribution in [0.25, 0.3) is 0 Å². The Hall–Kier alpha value is -1.37. The maximum Gasteiger partial charge on any atom is 0.303 e. The molecule has 0 radical (unpaired) electrons. The fourth-order valence-electron chi connectivity index (χ4n) is 1.34. The van der Waals surface area contributed by atoms with E-state index in [0.717, 1.165) is 0 Å². The van der Waals surface area contributed by atoms with Gasteiger partial charge in [-0.15, -0.1) is 0 Å². The standard InChI is InChI=1S/C10H13BrN2O4/c1-6-8(9(11)12-17-6)10(16)13(2)5-3-4-7(14)15/h3-5H2,1-2H3,(H,14,15). The van der Waals surface area contributed by atoms with Crippen molar-refractivity contribution in [3.63, 3.8) is 0 Å². The second-order valence-electron chi connectivity index (χ2n) is 3.63. The number of halogens is 1. The number of hydrogen-bond donors (Lipinski definition) is 1. The second-order valence-corrected chi connectivity index (χ2v) is 4.38. The lowest BCUT2D eigenvalue weighted by Crippen LogP contribution is -2.28. The first-order valence-corrected chi connectivity index (χ1v) is 5.81. The van der Waals surface area contributed by atoms with Crippen LogP contribution in [0.2, 0.25) is 0 Å². The molecule has 0 fully saturated rings. The summed E-state index contributed by atoms with van der Waals surface area (Å²) in [5.74, 6) is -0.666. The van der Waals surface area contributed by atoms with Crippen molar-refractivity contribution in [2.45, 2.75) is 19.8 Å². The second kappa shape index (κ2) is 5.81. The largest absolute Gasteiger partial charge is 0.481 e. The Morgan fingerprint density at radius 3 is 2.65 bits per heavy atom. The number of carboxylic acids is 1. The Morgan fingerprint density at radius 1 is 1.53 bits per heavy atom. The van der Waals surface area contributed by atoms with Crippen LogP contribution in [0.1, 0.15) is 29.0 Å². The lowest BCUT2D eigenvalue weighted by Gasteiger charge is -2.15. The van der Waals surface area contributed by atoms with E-state index in [4.69, 9.17) is 9.63 Å². The first-order chi connectivity index (χ1) is 7.93. The number of amides is 1. The van der Waals surface area contributed by atoms with Crippen molar-refractivity contribution in [1.29, 1.82) is 0 Å². The summed E-state index contributed by atoms with van der Waals surface area (Å²) in [6, 6.07) is 0. The number of aliphatic carboxylic acids is 1. The van der Waals surface area contributed by atoms with E-state index in [1.54, 1.807) is 14.0 Å². The van der Waals surface area contributed by atoms with Crippen LogP contribution in [-0.4, -0.2) is 40.6 Å². The van der Waals surface area contributed by atoms with Gasteiger partial charge in [0, 0.05) is 20.0 Å². The van der Waals surface area contributed by atoms with Crippen molar-refractivity contribution in [3.05, 3.63) is 15.9 Å². The summed E-state index contributed by atoms with van der Waals surface area (Å²) in [5, 5.41) is 12.1. The van der Waals surface area contributed by atoms with Crippen molar-refractivity contribution in [2.24, 2.45) is 0 Å². The van der Waals surface area contributed by atoms with Gasteiger partial charge in [0.2, 0.25) is 0 Å². The average Bonchev–Trinajstić information content (AvgIpc) is 2.57. The lowest BCUT2D eigenvalue weighted by atomic mass is 10.2. The maximum absolute atomic E-state index is 12.0. The fraction of sp³-hybridized carbons (Fsp3) is 0.500. The molecule has 0 spiro atoms. The van der Waals surface area contributed by atoms with Gasteiger partial charge in [0.05, 0.1) is 0 Å². The number of rotatable bonds is 5. The minimum atomic E-state index is -0.867. The molecule has 94 valence electrons. The molecule has 6 nitrogen and oxygen atoms in total. The smallest absolute Gasteiger partial charge is 0.303 e. The van der Waals surface area contributed by atoms with Gasteiger partial charge in [-0.25, -0.2) is 0 Å². The molecule has 0 saturated heterocycles. The van der Waals surface area contributed by atoms with Gasteiger partial charge >= 0.3 is 5.97 Å². The van der Waals surface area contributed by atoms with E-state index >= 15 is 0 Å². The Morgan fingerprint density at radius 2 is 2.18 bits per heavy atom. The van der Waals surface area contributed by atoms with Gasteiger partial charge in [-0.05, 0) is 29.3 Å².